The van der Waals surface area contributed by atoms with Crippen LogP contribution in [-0.2, 0) is 15.1 Å². The van der Waals surface area contributed by atoms with Gasteiger partial charge in [-0.3, -0.25) is 14.6 Å². The standard InChI is InChI=1S/C33H36N6O5S/c1-32(2,3)44-31(42)39-15-7-8-18(17-39)38-30(41)28-25-24-21(12-13-22(34)27(24)45-28)33(36,29(40)26(25)35)23-14-11-20(16-37-23)43-19-9-5-4-6-10-19/h4-6,9-14,16,18,26H,7-8,15,17,34-36H2,1-3H3,(H,38,41)/t18-,26?,33?/m1/s1. The van der Waals surface area contributed by atoms with Crippen LogP contribution in [0.25, 0.3) is 10.1 Å². The maximum absolute atomic E-state index is 14.1. The number of nitrogens with one attached hydrogen (secondary N) is 1. The molecule has 1 fully saturated rings. The molecular weight excluding hydrogens is 592 g/mol. The van der Waals surface area contributed by atoms with Crippen LogP contribution < -0.4 is 27.3 Å². The van der Waals surface area contributed by atoms with Crippen molar-refractivity contribution in [2.45, 2.75) is 56.8 Å². The van der Waals surface area contributed by atoms with Crippen molar-refractivity contribution >= 4 is 44.9 Å². The van der Waals surface area contributed by atoms with Crippen LogP contribution in [0.1, 0.15) is 66.1 Å². The van der Waals surface area contributed by atoms with Gasteiger partial charge in [-0.2, -0.15) is 0 Å². The Hall–Kier alpha value is -4.52. The molecule has 0 bridgehead atoms. The first kappa shape index (κ1) is 30.5. The molecule has 2 unspecified atom stereocenters. The van der Waals surface area contributed by atoms with E-state index >= 15 is 0 Å². The number of carbonyl (C=O) groups is 3. The van der Waals surface area contributed by atoms with Crippen molar-refractivity contribution in [2.75, 3.05) is 18.8 Å². The Kier molecular flexibility index (Phi) is 7.76. The highest BCUT2D eigenvalue weighted by Crippen LogP contribution is 2.49. The molecule has 3 atom stereocenters. The summed E-state index contributed by atoms with van der Waals surface area (Å²) in [6, 6.07) is 14.5. The summed E-state index contributed by atoms with van der Waals surface area (Å²) >= 11 is 1.18. The number of benzene rings is 2. The fraction of sp³-hybridized carbons (Fsp3) is 0.333. The molecule has 1 saturated heterocycles. The molecule has 2 aromatic carbocycles. The number of piperidine rings is 1. The number of likely N-dealkylation sites (tertiary alicyclic amines) is 1. The van der Waals surface area contributed by atoms with E-state index in [1.54, 1.807) is 29.2 Å². The van der Waals surface area contributed by atoms with E-state index in [1.165, 1.54) is 17.5 Å². The van der Waals surface area contributed by atoms with Crippen molar-refractivity contribution in [3.05, 3.63) is 82.5 Å². The molecule has 3 heterocycles. The second-order valence-electron chi connectivity index (χ2n) is 12.4. The van der Waals surface area contributed by atoms with E-state index in [2.05, 4.69) is 10.3 Å². The van der Waals surface area contributed by atoms with Crippen LogP contribution in [-0.4, -0.2) is 52.4 Å². The van der Waals surface area contributed by atoms with Crippen molar-refractivity contribution < 1.29 is 23.9 Å². The van der Waals surface area contributed by atoms with E-state index < -0.39 is 29.1 Å². The number of hydrogen-bond donors (Lipinski definition) is 4. The lowest BCUT2D eigenvalue weighted by Crippen LogP contribution is -2.53. The average molecular weight is 629 g/mol. The van der Waals surface area contributed by atoms with Gasteiger partial charge in [-0.05, 0) is 69.5 Å². The molecule has 0 radical (unpaired) electrons. The summed E-state index contributed by atoms with van der Waals surface area (Å²) < 4.78 is 12.0. The Morgan fingerprint density at radius 2 is 1.84 bits per heavy atom. The van der Waals surface area contributed by atoms with Gasteiger partial charge in [-0.25, -0.2) is 4.79 Å². The van der Waals surface area contributed by atoms with Crippen LogP contribution in [0.15, 0.2) is 60.8 Å². The highest BCUT2D eigenvalue weighted by Gasteiger charge is 2.49. The number of ether oxygens (including phenoxy) is 2. The number of thiophene rings is 1. The lowest BCUT2D eigenvalue weighted by Gasteiger charge is -2.36. The van der Waals surface area contributed by atoms with Crippen LogP contribution in [0.5, 0.6) is 11.5 Å². The van der Waals surface area contributed by atoms with E-state index in [9.17, 15) is 14.4 Å². The summed E-state index contributed by atoms with van der Waals surface area (Å²) in [5, 5.41) is 3.64. The molecule has 6 rings (SSSR count). The molecule has 2 aromatic heterocycles. The number of amides is 2. The second-order valence-corrected chi connectivity index (χ2v) is 13.5. The van der Waals surface area contributed by atoms with Gasteiger partial charge < -0.3 is 36.9 Å². The van der Waals surface area contributed by atoms with E-state index in [4.69, 9.17) is 26.7 Å². The molecule has 12 heteroatoms. The Morgan fingerprint density at radius 3 is 2.53 bits per heavy atom. The first-order valence-electron chi connectivity index (χ1n) is 14.8. The van der Waals surface area contributed by atoms with Gasteiger partial charge in [-0.1, -0.05) is 24.3 Å². The minimum Gasteiger partial charge on any atom is -0.456 e. The molecule has 0 saturated carbocycles. The number of carbonyl (C=O) groups excluding carboxylic acids is 3. The average Bonchev–Trinajstić information content (AvgIpc) is 3.42. The van der Waals surface area contributed by atoms with Gasteiger partial charge in [0.15, 0.2) is 5.78 Å². The normalized spacial score (nSPS) is 21.4. The Bertz CT molecular complexity index is 1790. The molecule has 7 N–H and O–H groups in total. The fourth-order valence-electron chi connectivity index (χ4n) is 5.95. The van der Waals surface area contributed by atoms with Gasteiger partial charge in [0, 0.05) is 35.8 Å². The van der Waals surface area contributed by atoms with Crippen molar-refractivity contribution in [1.82, 2.24) is 15.2 Å². The Morgan fingerprint density at radius 1 is 1.09 bits per heavy atom. The minimum atomic E-state index is -1.68. The van der Waals surface area contributed by atoms with Crippen molar-refractivity contribution in [3.8, 4) is 11.5 Å². The Balaban J connectivity index is 1.31. The van der Waals surface area contributed by atoms with Gasteiger partial charge in [0.05, 0.1) is 27.5 Å². The molecule has 2 aliphatic rings. The smallest absolute Gasteiger partial charge is 0.410 e. The Labute approximate surface area is 264 Å². The van der Waals surface area contributed by atoms with E-state index in [1.807, 2.05) is 51.1 Å². The lowest BCUT2D eigenvalue weighted by atomic mass is 9.72. The number of rotatable bonds is 5. The number of anilines is 1. The summed E-state index contributed by atoms with van der Waals surface area (Å²) in [4.78, 5) is 46.9. The second kappa shape index (κ2) is 11.4. The third-order valence-corrected chi connectivity index (χ3v) is 9.30. The predicted octanol–water partition coefficient (Wildman–Crippen LogP) is 4.58. The third-order valence-electron chi connectivity index (χ3n) is 8.05. The van der Waals surface area contributed by atoms with Crippen molar-refractivity contribution in [3.63, 3.8) is 0 Å². The molecule has 4 aromatic rings. The number of para-hydroxylation sites is 1. The molecule has 0 spiro atoms. The lowest BCUT2D eigenvalue weighted by molar-refractivity contribution is -0.124. The largest absolute Gasteiger partial charge is 0.456 e. The van der Waals surface area contributed by atoms with Crippen molar-refractivity contribution in [2.24, 2.45) is 11.5 Å². The van der Waals surface area contributed by atoms with Gasteiger partial charge in [0.25, 0.3) is 5.91 Å². The SMILES string of the molecule is CC(C)(C)OC(=O)N1CCC[C@@H](NC(=O)c2sc3c(N)ccc4c3c2C(N)C(=O)C4(N)c2ccc(Oc3ccccc3)cn2)C1. The topological polar surface area (TPSA) is 176 Å². The monoisotopic (exact) mass is 628 g/mol. The number of ketones is 1. The van der Waals surface area contributed by atoms with Crippen LogP contribution in [0, 0.1) is 0 Å². The number of nitrogens with two attached hydrogens (primary N) is 3. The zero-order valence-electron chi connectivity index (χ0n) is 25.3. The number of pyridine rings is 1. The summed E-state index contributed by atoms with van der Waals surface area (Å²) in [7, 11) is 0. The van der Waals surface area contributed by atoms with E-state index in [0.717, 1.165) is 0 Å². The zero-order valence-corrected chi connectivity index (χ0v) is 26.1. The molecule has 2 amide bonds. The first-order chi connectivity index (χ1) is 21.4. The van der Waals surface area contributed by atoms with Gasteiger partial charge >= 0.3 is 6.09 Å². The first-order valence-corrected chi connectivity index (χ1v) is 15.6. The number of hydrogen-bond acceptors (Lipinski definition) is 10. The number of nitrogen functional groups attached to an aromatic ring is 1. The fourth-order valence-corrected chi connectivity index (χ4v) is 7.15. The van der Waals surface area contributed by atoms with Gasteiger partial charge in [0.1, 0.15) is 22.6 Å². The number of aromatic nitrogens is 1. The molecular formula is C33H36N6O5S. The number of Topliss-reactive ketones (excluding diaryl/α,β-unsaturated/α-hetero) is 1. The molecule has 1 aliphatic carbocycles. The molecule has 1 aliphatic heterocycles. The molecule has 11 nitrogen and oxygen atoms in total. The maximum Gasteiger partial charge on any atom is 0.410 e. The predicted molar refractivity (Wildman–Crippen MR) is 172 cm³/mol. The van der Waals surface area contributed by atoms with Gasteiger partial charge in [-0.15, -0.1) is 11.3 Å². The number of nitrogens with zero attached hydrogens (tertiary/aromatic N) is 2. The van der Waals surface area contributed by atoms with Crippen LogP contribution in [0.3, 0.4) is 0 Å². The van der Waals surface area contributed by atoms with Crippen LogP contribution >= 0.6 is 11.3 Å². The minimum absolute atomic E-state index is 0.293. The quantitative estimate of drug-likeness (QED) is 0.230. The summed E-state index contributed by atoms with van der Waals surface area (Å²) in [5.41, 5.74) is 19.2. The molecule has 234 valence electrons. The summed E-state index contributed by atoms with van der Waals surface area (Å²) in [5.74, 6) is 0.240. The highest BCUT2D eigenvalue weighted by molar-refractivity contribution is 7.21. The van der Waals surface area contributed by atoms with Crippen LogP contribution in [0.4, 0.5) is 10.5 Å². The van der Waals surface area contributed by atoms with Gasteiger partial charge in [0.2, 0.25) is 0 Å². The summed E-state index contributed by atoms with van der Waals surface area (Å²) in [6.07, 6.45) is 2.48. The van der Waals surface area contributed by atoms with Crippen LogP contribution in [0.2, 0.25) is 0 Å². The zero-order chi connectivity index (χ0) is 32.1. The third kappa shape index (κ3) is 5.60. The van der Waals surface area contributed by atoms with Crippen molar-refractivity contribution in [1.29, 1.82) is 0 Å². The maximum atomic E-state index is 14.1. The van der Waals surface area contributed by atoms with E-state index in [-0.39, 0.29) is 11.9 Å². The molecule has 45 heavy (non-hydrogen) atoms. The summed E-state index contributed by atoms with van der Waals surface area (Å²) in [6.45, 7) is 6.29. The highest BCUT2D eigenvalue weighted by atomic mass is 32.1. The van der Waals surface area contributed by atoms with E-state index in [0.29, 0.717) is 74.9 Å².